The Morgan fingerprint density at radius 2 is 1.96 bits per heavy atom. The van der Waals surface area contributed by atoms with E-state index in [0.717, 1.165) is 30.8 Å². The third-order valence-corrected chi connectivity index (χ3v) is 4.65. The van der Waals surface area contributed by atoms with E-state index < -0.39 is 0 Å². The van der Waals surface area contributed by atoms with Gasteiger partial charge in [0.1, 0.15) is 0 Å². The molecule has 1 atom stereocenters. The first kappa shape index (κ1) is 15.0. The Kier molecular flexibility index (Phi) is 3.63. The van der Waals surface area contributed by atoms with Crippen molar-refractivity contribution in [2.75, 3.05) is 0 Å². The highest BCUT2D eigenvalue weighted by molar-refractivity contribution is 5.98. The summed E-state index contributed by atoms with van der Waals surface area (Å²) < 4.78 is 1.65. The van der Waals surface area contributed by atoms with Crippen molar-refractivity contribution in [3.8, 4) is 0 Å². The van der Waals surface area contributed by atoms with Crippen LogP contribution in [0, 0.1) is 6.92 Å². The number of aromatic nitrogens is 4. The zero-order valence-corrected chi connectivity index (χ0v) is 14.0. The Labute approximate surface area is 140 Å². The molecular weight excluding hydrogens is 300 g/mol. The van der Waals surface area contributed by atoms with E-state index in [0.29, 0.717) is 17.8 Å². The molecule has 0 saturated heterocycles. The Morgan fingerprint density at radius 3 is 2.71 bits per heavy atom. The molecule has 0 fully saturated rings. The highest BCUT2D eigenvalue weighted by Gasteiger charge is 2.28. The molecular formula is C19H20N4O. The van der Waals surface area contributed by atoms with E-state index in [-0.39, 0.29) is 11.7 Å². The van der Waals surface area contributed by atoms with E-state index >= 15 is 0 Å². The number of rotatable bonds is 3. The molecule has 5 nitrogen and oxygen atoms in total. The normalized spacial score (nSPS) is 17.2. The number of hydrogen-bond donors (Lipinski definition) is 0. The molecule has 3 aromatic rings. The van der Waals surface area contributed by atoms with Gasteiger partial charge in [-0.2, -0.15) is 4.98 Å². The van der Waals surface area contributed by atoms with E-state index in [9.17, 15) is 4.79 Å². The lowest BCUT2D eigenvalue weighted by atomic mass is 9.82. The molecule has 122 valence electrons. The molecule has 4 rings (SSSR count). The van der Waals surface area contributed by atoms with Crippen LogP contribution < -0.4 is 0 Å². The molecule has 0 N–H and O–H groups in total. The first-order chi connectivity index (χ1) is 11.6. The van der Waals surface area contributed by atoms with Gasteiger partial charge in [0.15, 0.2) is 11.6 Å². The minimum absolute atomic E-state index is 0.142. The van der Waals surface area contributed by atoms with Crippen LogP contribution in [0.2, 0.25) is 0 Å². The second kappa shape index (κ2) is 5.82. The molecule has 24 heavy (non-hydrogen) atoms. The van der Waals surface area contributed by atoms with Gasteiger partial charge in [-0.15, -0.1) is 5.10 Å². The van der Waals surface area contributed by atoms with E-state index in [1.165, 1.54) is 11.1 Å². The number of hydrogen-bond acceptors (Lipinski definition) is 4. The maximum absolute atomic E-state index is 12.6. The first-order valence-corrected chi connectivity index (χ1v) is 8.49. The van der Waals surface area contributed by atoms with E-state index in [2.05, 4.69) is 53.2 Å². The summed E-state index contributed by atoms with van der Waals surface area (Å²) in [6.07, 6.45) is 4.92. The SMILES string of the molecule is CCCc1nc2nc3c(cn2n1)C(=O)C[C@H](c1ccc(C)cc1)C3. The van der Waals surface area contributed by atoms with Crippen LogP contribution in [-0.4, -0.2) is 25.4 Å². The number of carbonyl (C=O) groups is 1. The van der Waals surface area contributed by atoms with Crippen molar-refractivity contribution in [3.05, 3.63) is 58.7 Å². The van der Waals surface area contributed by atoms with Crippen LogP contribution in [0.1, 0.15) is 58.7 Å². The van der Waals surface area contributed by atoms with Gasteiger partial charge in [-0.1, -0.05) is 36.8 Å². The first-order valence-electron chi connectivity index (χ1n) is 8.49. The van der Waals surface area contributed by atoms with E-state index in [4.69, 9.17) is 0 Å². The Bertz CT molecular complexity index is 911. The maximum atomic E-state index is 12.6. The summed E-state index contributed by atoms with van der Waals surface area (Å²) in [6.45, 7) is 4.17. The molecule has 0 amide bonds. The predicted octanol–water partition coefficient (Wildman–Crippen LogP) is 3.30. The molecule has 1 aromatic carbocycles. The smallest absolute Gasteiger partial charge is 0.252 e. The van der Waals surface area contributed by atoms with Gasteiger partial charge in [-0.25, -0.2) is 9.50 Å². The van der Waals surface area contributed by atoms with Crippen LogP contribution in [0.15, 0.2) is 30.5 Å². The second-order valence-electron chi connectivity index (χ2n) is 6.56. The van der Waals surface area contributed by atoms with Crippen molar-refractivity contribution in [3.63, 3.8) is 0 Å². The third-order valence-electron chi connectivity index (χ3n) is 4.65. The summed E-state index contributed by atoms with van der Waals surface area (Å²) >= 11 is 0. The predicted molar refractivity (Wildman–Crippen MR) is 91.3 cm³/mol. The van der Waals surface area contributed by atoms with Gasteiger partial charge in [0, 0.05) is 19.0 Å². The molecule has 2 aromatic heterocycles. The summed E-state index contributed by atoms with van der Waals surface area (Å²) in [5.41, 5.74) is 3.97. The second-order valence-corrected chi connectivity index (χ2v) is 6.56. The monoisotopic (exact) mass is 320 g/mol. The lowest BCUT2D eigenvalue weighted by Gasteiger charge is -2.23. The fourth-order valence-electron chi connectivity index (χ4n) is 3.33. The zero-order chi connectivity index (χ0) is 16.7. The van der Waals surface area contributed by atoms with Gasteiger partial charge in [-0.05, 0) is 31.2 Å². The maximum Gasteiger partial charge on any atom is 0.252 e. The number of Topliss-reactive ketones (excluding diaryl/α,β-unsaturated/α-hetero) is 1. The molecule has 0 saturated carbocycles. The average Bonchev–Trinajstić information content (AvgIpc) is 2.95. The number of nitrogens with zero attached hydrogens (tertiary/aromatic N) is 4. The molecule has 0 aliphatic heterocycles. The molecule has 0 radical (unpaired) electrons. The Hall–Kier alpha value is -2.56. The standard InChI is InChI=1S/C19H20N4O/c1-3-4-18-21-19-20-16-9-14(13-7-5-12(2)6-8-13)10-17(24)15(16)11-23(19)22-18/h5-8,11,14H,3-4,9-10H2,1-2H3/t14-/m1/s1. The molecule has 0 unspecified atom stereocenters. The average molecular weight is 320 g/mol. The zero-order valence-electron chi connectivity index (χ0n) is 14.0. The lowest BCUT2D eigenvalue weighted by Crippen LogP contribution is -2.21. The summed E-state index contributed by atoms with van der Waals surface area (Å²) in [6, 6.07) is 8.43. The lowest BCUT2D eigenvalue weighted by molar-refractivity contribution is 0.0962. The molecule has 0 spiro atoms. The summed E-state index contributed by atoms with van der Waals surface area (Å²) in [5, 5.41) is 4.42. The van der Waals surface area contributed by atoms with Gasteiger partial charge in [0.05, 0.1) is 11.3 Å². The van der Waals surface area contributed by atoms with Crippen molar-refractivity contribution in [1.29, 1.82) is 0 Å². The van der Waals surface area contributed by atoms with Crippen LogP contribution in [0.5, 0.6) is 0 Å². The van der Waals surface area contributed by atoms with Crippen LogP contribution in [-0.2, 0) is 12.8 Å². The fourth-order valence-corrected chi connectivity index (χ4v) is 3.33. The van der Waals surface area contributed by atoms with E-state index in [1.807, 2.05) is 0 Å². The largest absolute Gasteiger partial charge is 0.294 e. The van der Waals surface area contributed by atoms with Gasteiger partial charge in [0.25, 0.3) is 5.78 Å². The number of aryl methyl sites for hydroxylation is 2. The van der Waals surface area contributed by atoms with Crippen LogP contribution in [0.4, 0.5) is 0 Å². The molecule has 5 heteroatoms. The molecule has 1 aliphatic rings. The third kappa shape index (κ3) is 2.60. The number of fused-ring (bicyclic) bond motifs is 2. The highest BCUT2D eigenvalue weighted by Crippen LogP contribution is 2.32. The number of ketones is 1. The van der Waals surface area contributed by atoms with Crippen LogP contribution >= 0.6 is 0 Å². The van der Waals surface area contributed by atoms with Crippen molar-refractivity contribution in [2.45, 2.75) is 45.4 Å². The highest BCUT2D eigenvalue weighted by atomic mass is 16.1. The van der Waals surface area contributed by atoms with Crippen LogP contribution in [0.25, 0.3) is 5.78 Å². The Morgan fingerprint density at radius 1 is 1.17 bits per heavy atom. The molecule has 0 bridgehead atoms. The summed E-state index contributed by atoms with van der Waals surface area (Å²) in [4.78, 5) is 21.7. The Balaban J connectivity index is 1.72. The molecule has 1 aliphatic carbocycles. The van der Waals surface area contributed by atoms with Crippen molar-refractivity contribution < 1.29 is 4.79 Å². The topological polar surface area (TPSA) is 60.1 Å². The molecule has 2 heterocycles. The minimum atomic E-state index is 0.142. The summed E-state index contributed by atoms with van der Waals surface area (Å²) in [7, 11) is 0. The van der Waals surface area contributed by atoms with Gasteiger partial charge >= 0.3 is 0 Å². The van der Waals surface area contributed by atoms with E-state index in [1.54, 1.807) is 10.7 Å². The number of carbonyl (C=O) groups excluding carboxylic acids is 1. The van der Waals surface area contributed by atoms with Gasteiger partial charge in [-0.3, -0.25) is 4.79 Å². The van der Waals surface area contributed by atoms with Crippen molar-refractivity contribution >= 4 is 11.6 Å². The summed E-state index contributed by atoms with van der Waals surface area (Å²) in [5.74, 6) is 1.71. The van der Waals surface area contributed by atoms with Crippen LogP contribution in [0.3, 0.4) is 0 Å². The van der Waals surface area contributed by atoms with Gasteiger partial charge < -0.3 is 0 Å². The van der Waals surface area contributed by atoms with Crippen molar-refractivity contribution in [1.82, 2.24) is 19.6 Å². The fraction of sp³-hybridized carbons (Fsp3) is 0.368. The van der Waals surface area contributed by atoms with Gasteiger partial charge in [0.2, 0.25) is 0 Å². The van der Waals surface area contributed by atoms with Crippen molar-refractivity contribution in [2.24, 2.45) is 0 Å². The quantitative estimate of drug-likeness (QED) is 0.743. The minimum Gasteiger partial charge on any atom is -0.294 e. The number of benzene rings is 1.